The number of rotatable bonds is 7. The number of anilines is 1. The largest absolute Gasteiger partial charge is 0.288 e. The summed E-state index contributed by atoms with van der Waals surface area (Å²) < 4.78 is 27.0. The Morgan fingerprint density at radius 3 is 2.53 bits per heavy atom. The predicted molar refractivity (Wildman–Crippen MR) is 115 cm³/mol. The second-order valence-corrected chi connectivity index (χ2v) is 9.05. The smallest absolute Gasteiger partial charge is 0.279 e. The van der Waals surface area contributed by atoms with E-state index in [4.69, 9.17) is 11.6 Å². The third kappa shape index (κ3) is 5.20. The van der Waals surface area contributed by atoms with Crippen molar-refractivity contribution in [1.82, 2.24) is 5.43 Å². The zero-order chi connectivity index (χ0) is 21.7. The monoisotopic (exact) mass is 464 g/mol. The molecule has 9 nitrogen and oxygen atoms in total. The number of nitrogens with zero attached hydrogens (tertiary/aromatic N) is 2. The highest BCUT2D eigenvalue weighted by Gasteiger charge is 2.15. The van der Waals surface area contributed by atoms with Crippen LogP contribution in [0.5, 0.6) is 0 Å². The highest BCUT2D eigenvalue weighted by atomic mass is 35.5. The molecule has 0 unspecified atom stereocenters. The number of nitro groups is 1. The number of hydrogen-bond donors (Lipinski definition) is 2. The van der Waals surface area contributed by atoms with Gasteiger partial charge in [-0.05, 0) is 41.8 Å². The van der Waals surface area contributed by atoms with Crippen LogP contribution in [0.25, 0.3) is 0 Å². The normalized spacial score (nSPS) is 11.4. The van der Waals surface area contributed by atoms with Crippen LogP contribution in [0.15, 0.2) is 69.3 Å². The maximum atomic E-state index is 12.2. The molecule has 1 amide bonds. The first-order valence-corrected chi connectivity index (χ1v) is 10.9. The molecule has 0 fully saturated rings. The molecule has 30 heavy (non-hydrogen) atoms. The number of sulfonamides is 1. The summed E-state index contributed by atoms with van der Waals surface area (Å²) in [5, 5.41) is 16.3. The molecule has 0 aliphatic rings. The Morgan fingerprint density at radius 1 is 1.17 bits per heavy atom. The van der Waals surface area contributed by atoms with Gasteiger partial charge in [-0.1, -0.05) is 23.7 Å². The van der Waals surface area contributed by atoms with E-state index >= 15 is 0 Å². The highest BCUT2D eigenvalue weighted by Crippen LogP contribution is 2.24. The van der Waals surface area contributed by atoms with E-state index in [0.717, 1.165) is 11.3 Å². The number of thiophene rings is 1. The minimum Gasteiger partial charge on any atom is -0.279 e. The van der Waals surface area contributed by atoms with Crippen molar-refractivity contribution in [2.75, 3.05) is 4.72 Å². The van der Waals surface area contributed by atoms with Crippen molar-refractivity contribution in [1.29, 1.82) is 0 Å². The molecule has 154 valence electrons. The van der Waals surface area contributed by atoms with Gasteiger partial charge in [-0.25, -0.2) is 13.8 Å². The van der Waals surface area contributed by atoms with Gasteiger partial charge in [0.05, 0.1) is 11.1 Å². The number of halogens is 1. The zero-order valence-electron chi connectivity index (χ0n) is 15.0. The maximum absolute atomic E-state index is 12.2. The Morgan fingerprint density at radius 2 is 1.90 bits per heavy atom. The lowest BCUT2D eigenvalue weighted by Crippen LogP contribution is -2.17. The van der Waals surface area contributed by atoms with Crippen molar-refractivity contribution in [3.05, 3.63) is 86.2 Å². The average Bonchev–Trinajstić information content (AvgIpc) is 3.25. The van der Waals surface area contributed by atoms with Gasteiger partial charge < -0.3 is 0 Å². The summed E-state index contributed by atoms with van der Waals surface area (Å²) in [4.78, 5) is 22.4. The molecular weight excluding hydrogens is 452 g/mol. The molecule has 1 heterocycles. The van der Waals surface area contributed by atoms with E-state index < -0.39 is 20.9 Å². The predicted octanol–water partition coefficient (Wildman–Crippen LogP) is 3.87. The van der Waals surface area contributed by atoms with E-state index in [1.807, 2.05) is 0 Å². The van der Waals surface area contributed by atoms with E-state index in [-0.39, 0.29) is 20.5 Å². The standard InChI is InChI=1S/C18H13ClN4O5S2/c19-15-8-3-12(10-16(15)23(25)26)11-20-21-18(24)13-4-6-14(7-5-13)22-30(27,28)17-2-1-9-29-17/h1-11,22H,(H,21,24)/b20-11+. The van der Waals surface area contributed by atoms with Gasteiger partial charge in [0.1, 0.15) is 9.23 Å². The summed E-state index contributed by atoms with van der Waals surface area (Å²) in [5.41, 5.74) is 2.95. The van der Waals surface area contributed by atoms with Gasteiger partial charge in [-0.3, -0.25) is 19.6 Å². The summed E-state index contributed by atoms with van der Waals surface area (Å²) in [7, 11) is -3.67. The third-order valence-electron chi connectivity index (χ3n) is 3.71. The van der Waals surface area contributed by atoms with E-state index in [1.165, 1.54) is 54.7 Å². The van der Waals surface area contributed by atoms with E-state index in [1.54, 1.807) is 11.4 Å². The quantitative estimate of drug-likeness (QED) is 0.311. The molecule has 1 aromatic heterocycles. The fourth-order valence-corrected chi connectivity index (χ4v) is 4.53. The van der Waals surface area contributed by atoms with Gasteiger partial charge in [-0.15, -0.1) is 11.3 Å². The number of nitrogens with one attached hydrogen (secondary N) is 2. The van der Waals surface area contributed by atoms with Crippen molar-refractivity contribution in [2.45, 2.75) is 4.21 Å². The molecule has 0 spiro atoms. The van der Waals surface area contributed by atoms with Crippen LogP contribution in [0.3, 0.4) is 0 Å². The minimum absolute atomic E-state index is 0.00372. The number of carbonyl (C=O) groups is 1. The molecule has 0 aliphatic carbocycles. The second-order valence-electron chi connectivity index (χ2n) is 5.78. The molecule has 3 rings (SSSR count). The van der Waals surface area contributed by atoms with Crippen molar-refractivity contribution >= 4 is 56.5 Å². The first kappa shape index (κ1) is 21.4. The molecule has 0 saturated heterocycles. The number of amides is 1. The maximum Gasteiger partial charge on any atom is 0.288 e. The zero-order valence-corrected chi connectivity index (χ0v) is 17.4. The van der Waals surface area contributed by atoms with Crippen molar-refractivity contribution in [3.63, 3.8) is 0 Å². The molecule has 0 saturated carbocycles. The average molecular weight is 465 g/mol. The fourth-order valence-electron chi connectivity index (χ4n) is 2.29. The van der Waals surface area contributed by atoms with Crippen molar-refractivity contribution in [3.8, 4) is 0 Å². The van der Waals surface area contributed by atoms with E-state index in [9.17, 15) is 23.3 Å². The molecule has 0 atom stereocenters. The van der Waals surface area contributed by atoms with E-state index in [0.29, 0.717) is 11.3 Å². The highest BCUT2D eigenvalue weighted by molar-refractivity contribution is 7.94. The van der Waals surface area contributed by atoms with Crippen LogP contribution in [-0.2, 0) is 10.0 Å². The third-order valence-corrected chi connectivity index (χ3v) is 6.80. The van der Waals surface area contributed by atoms with E-state index in [2.05, 4.69) is 15.2 Å². The van der Waals surface area contributed by atoms with Crippen molar-refractivity contribution in [2.24, 2.45) is 5.10 Å². The summed E-state index contributed by atoms with van der Waals surface area (Å²) in [6.07, 6.45) is 1.24. The minimum atomic E-state index is -3.67. The Bertz CT molecular complexity index is 1210. The Balaban J connectivity index is 1.63. The first-order chi connectivity index (χ1) is 14.3. The van der Waals surface area contributed by atoms with Crippen molar-refractivity contribution < 1.29 is 18.1 Å². The van der Waals surface area contributed by atoms with Crippen LogP contribution in [-0.4, -0.2) is 25.5 Å². The molecule has 2 aromatic carbocycles. The van der Waals surface area contributed by atoms with Gasteiger partial charge >= 0.3 is 0 Å². The number of carbonyl (C=O) groups excluding carboxylic acids is 1. The summed E-state index contributed by atoms with van der Waals surface area (Å²) in [5.74, 6) is -0.539. The molecular formula is C18H13ClN4O5S2. The Kier molecular flexibility index (Phi) is 6.45. The van der Waals surface area contributed by atoms with Crippen LogP contribution in [0.4, 0.5) is 11.4 Å². The second kappa shape index (κ2) is 9.03. The van der Waals surface area contributed by atoms with Gasteiger partial charge in [0.25, 0.3) is 21.6 Å². The summed E-state index contributed by atoms with van der Waals surface area (Å²) in [6, 6.07) is 13.0. The molecule has 0 aliphatic heterocycles. The Hall–Kier alpha value is -3.28. The number of benzene rings is 2. The fraction of sp³-hybridized carbons (Fsp3) is 0. The van der Waals surface area contributed by atoms with Crippen LogP contribution in [0.1, 0.15) is 15.9 Å². The van der Waals surface area contributed by atoms with Gasteiger partial charge in [0, 0.05) is 22.9 Å². The first-order valence-electron chi connectivity index (χ1n) is 8.20. The molecule has 0 radical (unpaired) electrons. The lowest BCUT2D eigenvalue weighted by atomic mass is 10.2. The van der Waals surface area contributed by atoms with Crippen LogP contribution in [0, 0.1) is 10.1 Å². The lowest BCUT2D eigenvalue weighted by molar-refractivity contribution is -0.384. The van der Waals surface area contributed by atoms with Crippen LogP contribution in [0.2, 0.25) is 5.02 Å². The Labute approximate surface area is 180 Å². The number of nitro benzene ring substituents is 1. The van der Waals surface area contributed by atoms with Crippen LogP contribution < -0.4 is 10.1 Å². The van der Waals surface area contributed by atoms with Gasteiger partial charge in [0.2, 0.25) is 0 Å². The number of hydrazone groups is 1. The van der Waals surface area contributed by atoms with Gasteiger partial charge in [-0.2, -0.15) is 5.10 Å². The topological polar surface area (TPSA) is 131 Å². The molecule has 12 heteroatoms. The summed E-state index contributed by atoms with van der Waals surface area (Å²) in [6.45, 7) is 0. The molecule has 3 aromatic rings. The SMILES string of the molecule is O=C(N/N=C/c1ccc(Cl)c([N+](=O)[O-])c1)c1ccc(NS(=O)(=O)c2cccs2)cc1. The summed E-state index contributed by atoms with van der Waals surface area (Å²) >= 11 is 6.83. The lowest BCUT2D eigenvalue weighted by Gasteiger charge is -2.07. The van der Waals surface area contributed by atoms with Gasteiger partial charge in [0.15, 0.2) is 0 Å². The molecule has 2 N–H and O–H groups in total. The number of hydrogen-bond acceptors (Lipinski definition) is 7. The van der Waals surface area contributed by atoms with Crippen LogP contribution >= 0.6 is 22.9 Å². The molecule has 0 bridgehead atoms.